The van der Waals surface area contributed by atoms with Crippen LogP contribution in [0.5, 0.6) is 0 Å². The molecule has 5 nitrogen and oxygen atoms in total. The number of alkyl halides is 2. The van der Waals surface area contributed by atoms with Crippen LogP contribution in [-0.4, -0.2) is 24.4 Å². The predicted molar refractivity (Wildman–Crippen MR) is 88.7 cm³/mol. The number of nitrogens with one attached hydrogen (secondary N) is 2. The number of fused-ring (bicyclic) bond motifs is 1. The minimum absolute atomic E-state index is 0.178. The van der Waals surface area contributed by atoms with E-state index in [0.717, 1.165) is 43.1 Å². The summed E-state index contributed by atoms with van der Waals surface area (Å²) in [7, 11) is 0. The standard InChI is InChI=1S/C18H19F2N3O2/c19-18(20)24-16-6-4-12(9-17(16)25-18)23-7-1-2-15(23)11-3-5-13-14(8-11)22-10-21-13/h3,5,8-9,15,21-22H,1-2,4,6-7,10H2/t15-/m1/s1. The van der Waals surface area contributed by atoms with Gasteiger partial charge < -0.3 is 25.0 Å². The maximum absolute atomic E-state index is 13.3. The van der Waals surface area contributed by atoms with Crippen molar-refractivity contribution in [3.8, 4) is 0 Å². The van der Waals surface area contributed by atoms with Crippen molar-refractivity contribution in [1.29, 1.82) is 0 Å². The van der Waals surface area contributed by atoms with Gasteiger partial charge in [0.25, 0.3) is 0 Å². The van der Waals surface area contributed by atoms with Crippen molar-refractivity contribution in [2.45, 2.75) is 38.0 Å². The SMILES string of the molecule is FC1(F)OC2=C(CCC(N3CCC[C@@H]3c3ccc4c(c3)NCN4)=C2)O1. The molecule has 1 fully saturated rings. The molecule has 5 rings (SSSR count). The van der Waals surface area contributed by atoms with Crippen LogP contribution >= 0.6 is 0 Å². The molecule has 2 N–H and O–H groups in total. The zero-order valence-electron chi connectivity index (χ0n) is 13.6. The lowest BCUT2D eigenvalue weighted by atomic mass is 10.0. The van der Waals surface area contributed by atoms with Crippen molar-refractivity contribution in [2.75, 3.05) is 23.8 Å². The molecule has 1 saturated heterocycles. The van der Waals surface area contributed by atoms with Gasteiger partial charge in [0, 0.05) is 24.7 Å². The first kappa shape index (κ1) is 14.9. The second kappa shape index (κ2) is 5.28. The number of allylic oxidation sites excluding steroid dienone is 3. The Balaban J connectivity index is 1.42. The van der Waals surface area contributed by atoms with E-state index in [0.29, 0.717) is 12.8 Å². The van der Waals surface area contributed by atoms with Gasteiger partial charge >= 0.3 is 6.29 Å². The Kier molecular flexibility index (Phi) is 3.14. The maximum atomic E-state index is 13.3. The molecule has 1 aliphatic carbocycles. The molecule has 132 valence electrons. The zero-order chi connectivity index (χ0) is 17.0. The first-order valence-electron chi connectivity index (χ1n) is 8.67. The monoisotopic (exact) mass is 347 g/mol. The molecule has 1 aromatic carbocycles. The van der Waals surface area contributed by atoms with E-state index >= 15 is 0 Å². The summed E-state index contributed by atoms with van der Waals surface area (Å²) in [6.07, 6.45) is 1.49. The van der Waals surface area contributed by atoms with Gasteiger partial charge in [0.1, 0.15) is 5.76 Å². The summed E-state index contributed by atoms with van der Waals surface area (Å²) in [5.74, 6) is 0.439. The summed E-state index contributed by atoms with van der Waals surface area (Å²) < 4.78 is 35.8. The first-order valence-corrected chi connectivity index (χ1v) is 8.67. The van der Waals surface area contributed by atoms with Gasteiger partial charge in [-0.3, -0.25) is 0 Å². The Morgan fingerprint density at radius 1 is 1.12 bits per heavy atom. The highest BCUT2D eigenvalue weighted by Crippen LogP contribution is 2.44. The normalized spacial score (nSPS) is 26.2. The van der Waals surface area contributed by atoms with Crippen molar-refractivity contribution in [3.05, 3.63) is 47.1 Å². The fourth-order valence-corrected chi connectivity index (χ4v) is 4.14. The van der Waals surface area contributed by atoms with Crippen LogP contribution in [-0.2, 0) is 9.47 Å². The second-order valence-corrected chi connectivity index (χ2v) is 6.78. The van der Waals surface area contributed by atoms with Gasteiger partial charge in [-0.2, -0.15) is 0 Å². The maximum Gasteiger partial charge on any atom is 0.585 e. The van der Waals surface area contributed by atoms with Crippen LogP contribution in [0.25, 0.3) is 0 Å². The van der Waals surface area contributed by atoms with Gasteiger partial charge in [0.15, 0.2) is 5.76 Å². The predicted octanol–water partition coefficient (Wildman–Crippen LogP) is 4.10. The number of ether oxygens (including phenoxy) is 2. The number of benzene rings is 1. The highest BCUT2D eigenvalue weighted by Gasteiger charge is 2.45. The Labute approximate surface area is 144 Å². The fourth-order valence-electron chi connectivity index (χ4n) is 4.14. The smallest absolute Gasteiger partial charge is 0.400 e. The van der Waals surface area contributed by atoms with Crippen molar-refractivity contribution in [2.24, 2.45) is 0 Å². The molecule has 25 heavy (non-hydrogen) atoms. The number of hydrogen-bond acceptors (Lipinski definition) is 5. The van der Waals surface area contributed by atoms with E-state index in [1.165, 1.54) is 5.56 Å². The summed E-state index contributed by atoms with van der Waals surface area (Å²) >= 11 is 0. The molecule has 3 heterocycles. The summed E-state index contributed by atoms with van der Waals surface area (Å²) in [4.78, 5) is 2.33. The van der Waals surface area contributed by atoms with E-state index in [9.17, 15) is 8.78 Å². The molecule has 0 spiro atoms. The first-order chi connectivity index (χ1) is 12.1. The third-order valence-corrected chi connectivity index (χ3v) is 5.26. The van der Waals surface area contributed by atoms with Gasteiger partial charge in [0.05, 0.1) is 24.1 Å². The average molecular weight is 347 g/mol. The summed E-state index contributed by atoms with van der Waals surface area (Å²) in [5.41, 5.74) is 4.55. The van der Waals surface area contributed by atoms with Gasteiger partial charge in [0.2, 0.25) is 0 Å². The Morgan fingerprint density at radius 2 is 2.00 bits per heavy atom. The van der Waals surface area contributed by atoms with Crippen LogP contribution in [0.15, 0.2) is 41.5 Å². The van der Waals surface area contributed by atoms with Crippen molar-refractivity contribution in [1.82, 2.24) is 4.90 Å². The van der Waals surface area contributed by atoms with Gasteiger partial charge in [-0.1, -0.05) is 6.07 Å². The van der Waals surface area contributed by atoms with Crippen LogP contribution in [0.1, 0.15) is 37.3 Å². The van der Waals surface area contributed by atoms with E-state index in [1.54, 1.807) is 6.08 Å². The second-order valence-electron chi connectivity index (χ2n) is 6.78. The van der Waals surface area contributed by atoms with Crippen molar-refractivity contribution >= 4 is 11.4 Å². The molecule has 7 heteroatoms. The topological polar surface area (TPSA) is 45.8 Å². The summed E-state index contributed by atoms with van der Waals surface area (Å²) in [6, 6.07) is 6.71. The highest BCUT2D eigenvalue weighted by atomic mass is 19.3. The number of hydrogen-bond donors (Lipinski definition) is 2. The van der Waals surface area contributed by atoms with E-state index in [4.69, 9.17) is 0 Å². The number of likely N-dealkylation sites (tertiary alicyclic amines) is 1. The minimum Gasteiger partial charge on any atom is -0.400 e. The molecular weight excluding hydrogens is 328 g/mol. The minimum atomic E-state index is -3.53. The Hall–Kier alpha value is -2.44. The molecular formula is C18H19F2N3O2. The van der Waals surface area contributed by atoms with E-state index < -0.39 is 6.29 Å². The lowest BCUT2D eigenvalue weighted by molar-refractivity contribution is -0.336. The largest absolute Gasteiger partial charge is 0.585 e. The van der Waals surface area contributed by atoms with Crippen LogP contribution in [0.2, 0.25) is 0 Å². The summed E-state index contributed by atoms with van der Waals surface area (Å²) in [5, 5.41) is 6.61. The molecule has 0 amide bonds. The molecule has 0 unspecified atom stereocenters. The highest BCUT2D eigenvalue weighted by molar-refractivity contribution is 5.74. The molecule has 0 bridgehead atoms. The Morgan fingerprint density at radius 3 is 2.92 bits per heavy atom. The molecule has 3 aliphatic heterocycles. The van der Waals surface area contributed by atoms with Crippen molar-refractivity contribution in [3.63, 3.8) is 0 Å². The van der Waals surface area contributed by atoms with Crippen LogP contribution < -0.4 is 10.6 Å². The zero-order valence-corrected chi connectivity index (χ0v) is 13.6. The quantitative estimate of drug-likeness (QED) is 0.843. The fraction of sp³-hybridized carbons (Fsp3) is 0.444. The van der Waals surface area contributed by atoms with Crippen LogP contribution in [0.4, 0.5) is 20.2 Å². The third-order valence-electron chi connectivity index (χ3n) is 5.26. The molecule has 4 aliphatic rings. The molecule has 0 aromatic heterocycles. The van der Waals surface area contributed by atoms with Crippen LogP contribution in [0, 0.1) is 0 Å². The molecule has 1 atom stereocenters. The lowest BCUT2D eigenvalue weighted by Gasteiger charge is -2.31. The van der Waals surface area contributed by atoms with Gasteiger partial charge in [-0.05, 0) is 37.0 Å². The summed E-state index contributed by atoms with van der Waals surface area (Å²) in [6.45, 7) is 1.68. The van der Waals surface area contributed by atoms with Gasteiger partial charge in [-0.15, -0.1) is 8.78 Å². The van der Waals surface area contributed by atoms with Crippen molar-refractivity contribution < 1.29 is 18.3 Å². The molecule has 0 saturated carbocycles. The van der Waals surface area contributed by atoms with E-state index in [1.807, 2.05) is 0 Å². The third kappa shape index (κ3) is 2.49. The Bertz CT molecular complexity index is 791. The molecule has 1 aromatic rings. The number of anilines is 2. The van der Waals surface area contributed by atoms with E-state index in [-0.39, 0.29) is 17.6 Å². The molecule has 0 radical (unpaired) electrons. The number of nitrogens with zero attached hydrogens (tertiary/aromatic N) is 1. The lowest BCUT2D eigenvalue weighted by Crippen LogP contribution is -2.24. The number of rotatable bonds is 2. The number of halogens is 2. The average Bonchev–Trinajstić information content (AvgIpc) is 3.29. The van der Waals surface area contributed by atoms with E-state index in [2.05, 4.69) is 43.2 Å². The van der Waals surface area contributed by atoms with Gasteiger partial charge in [-0.25, -0.2) is 0 Å². The van der Waals surface area contributed by atoms with Crippen LogP contribution in [0.3, 0.4) is 0 Å².